The number of carbonyl (C=O) groups excluding carboxylic acids is 5. The van der Waals surface area contributed by atoms with Crippen LogP contribution in [0.25, 0.3) is 0 Å². The van der Waals surface area contributed by atoms with E-state index in [9.17, 15) is 24.0 Å². The summed E-state index contributed by atoms with van der Waals surface area (Å²) in [6.07, 6.45) is -1.31. The van der Waals surface area contributed by atoms with Gasteiger partial charge < -0.3 is 25.8 Å². The van der Waals surface area contributed by atoms with Crippen LogP contribution >= 0.6 is 11.8 Å². The molecule has 0 unspecified atom stereocenters. The third-order valence-electron chi connectivity index (χ3n) is 3.41. The number of thioether (sulfide) groups is 1. The summed E-state index contributed by atoms with van der Waals surface area (Å²) < 4.78 is 10.0. The Balaban J connectivity index is 2.97. The monoisotopic (exact) mass is 389 g/mol. The number of rotatable bonds is 2. The minimum Gasteiger partial charge on any atom is -0.459 e. The molecule has 0 radical (unpaired) electrons. The summed E-state index contributed by atoms with van der Waals surface area (Å²) in [4.78, 5) is 59.1. The topological polar surface area (TPSA) is 154 Å². The molecule has 1 saturated heterocycles. The highest BCUT2D eigenvalue weighted by molar-refractivity contribution is 8.15. The summed E-state index contributed by atoms with van der Waals surface area (Å²) in [6, 6.07) is 0. The fraction of sp³-hybridized carbons (Fsp3) is 0.667. The molecule has 10 nitrogen and oxygen atoms in total. The van der Waals surface area contributed by atoms with E-state index in [1.807, 2.05) is 0 Å². The highest BCUT2D eigenvalue weighted by Crippen LogP contribution is 2.25. The third kappa shape index (κ3) is 7.00. The molecule has 0 aromatic heterocycles. The molecular formula is C15H23N3O7S. The molecule has 1 rings (SSSR count). The molecule has 0 spiro atoms. The van der Waals surface area contributed by atoms with Crippen molar-refractivity contribution in [2.24, 2.45) is 11.1 Å². The molecule has 1 aliphatic heterocycles. The van der Waals surface area contributed by atoms with Crippen LogP contribution in [0.2, 0.25) is 0 Å². The molecule has 11 heteroatoms. The molecule has 4 N–H and O–H groups in total. The molecule has 0 aromatic carbocycles. The first-order chi connectivity index (χ1) is 12.2. The lowest BCUT2D eigenvalue weighted by atomic mass is 9.86. The van der Waals surface area contributed by atoms with Gasteiger partial charge in [0.05, 0.1) is 6.54 Å². The Kier molecular flexibility index (Phi) is 8.52. The normalized spacial score (nSPS) is 23.0. The minimum atomic E-state index is -1.32. The maximum atomic E-state index is 12.4. The van der Waals surface area contributed by atoms with Crippen molar-refractivity contribution in [2.45, 2.75) is 26.4 Å². The van der Waals surface area contributed by atoms with Gasteiger partial charge in [0.1, 0.15) is 6.61 Å². The molecule has 2 amide bonds. The number of nitrogens with two attached hydrogens (primary N) is 1. The van der Waals surface area contributed by atoms with E-state index in [1.54, 1.807) is 0 Å². The van der Waals surface area contributed by atoms with Gasteiger partial charge in [-0.25, -0.2) is 4.79 Å². The van der Waals surface area contributed by atoms with Crippen molar-refractivity contribution in [1.29, 1.82) is 0 Å². The molecule has 0 saturated carbocycles. The van der Waals surface area contributed by atoms with E-state index in [0.29, 0.717) is 0 Å². The molecule has 1 aliphatic rings. The summed E-state index contributed by atoms with van der Waals surface area (Å²) in [5, 5.41) is 4.25. The molecule has 146 valence electrons. The van der Waals surface area contributed by atoms with Crippen LogP contribution < -0.4 is 16.4 Å². The number of nitrogens with one attached hydrogen (secondary N) is 2. The van der Waals surface area contributed by atoms with Crippen LogP contribution in [-0.2, 0) is 33.4 Å². The van der Waals surface area contributed by atoms with Crippen molar-refractivity contribution in [3.63, 3.8) is 0 Å². The van der Waals surface area contributed by atoms with Gasteiger partial charge in [0, 0.05) is 30.7 Å². The zero-order chi connectivity index (χ0) is 19.7. The fourth-order valence-electron chi connectivity index (χ4n) is 2.01. The number of hydrogen-bond acceptors (Lipinski definition) is 9. The average molecular weight is 389 g/mol. The highest BCUT2D eigenvalue weighted by atomic mass is 32.2. The first-order valence-corrected chi connectivity index (χ1v) is 8.94. The van der Waals surface area contributed by atoms with Gasteiger partial charge >= 0.3 is 11.9 Å². The zero-order valence-corrected chi connectivity index (χ0v) is 15.5. The molecule has 1 fully saturated rings. The lowest BCUT2D eigenvalue weighted by molar-refractivity contribution is -0.168. The molecule has 0 aromatic rings. The molecular weight excluding hydrogens is 366 g/mol. The van der Waals surface area contributed by atoms with E-state index >= 15 is 0 Å². The molecule has 0 aliphatic carbocycles. The Bertz CT molecular complexity index is 580. The van der Waals surface area contributed by atoms with E-state index in [1.165, 1.54) is 13.8 Å². The fourth-order valence-corrected chi connectivity index (χ4v) is 2.57. The van der Waals surface area contributed by atoms with Gasteiger partial charge in [0.2, 0.25) is 5.91 Å². The Morgan fingerprint density at radius 3 is 2.62 bits per heavy atom. The molecule has 26 heavy (non-hydrogen) atoms. The Hall–Kier alpha value is -2.14. The van der Waals surface area contributed by atoms with E-state index < -0.39 is 41.0 Å². The first kappa shape index (κ1) is 21.9. The van der Waals surface area contributed by atoms with E-state index in [2.05, 4.69) is 10.6 Å². The van der Waals surface area contributed by atoms with Crippen LogP contribution in [0.4, 0.5) is 0 Å². The second-order valence-electron chi connectivity index (χ2n) is 6.17. The predicted molar refractivity (Wildman–Crippen MR) is 91.8 cm³/mol. The van der Waals surface area contributed by atoms with Crippen LogP contribution in [0.3, 0.4) is 0 Å². The number of hydrogen-bond donors (Lipinski definition) is 3. The van der Waals surface area contributed by atoms with Gasteiger partial charge in [-0.3, -0.25) is 19.2 Å². The number of amides is 2. The summed E-state index contributed by atoms with van der Waals surface area (Å²) in [6.45, 7) is 2.54. The largest absolute Gasteiger partial charge is 0.459 e. The van der Waals surface area contributed by atoms with Crippen molar-refractivity contribution in [3.8, 4) is 0 Å². The zero-order valence-electron chi connectivity index (χ0n) is 14.7. The second-order valence-corrected chi connectivity index (χ2v) is 7.23. The Morgan fingerprint density at radius 1 is 1.27 bits per heavy atom. The lowest BCUT2D eigenvalue weighted by Crippen LogP contribution is -2.50. The van der Waals surface area contributed by atoms with Crippen molar-refractivity contribution in [2.75, 3.05) is 32.0 Å². The SMILES string of the molecule is CC1(C)COC(=O)C(=O)SCCNC(=O)CCNC(=O)[C@@H]1OC(=O)CN. The summed E-state index contributed by atoms with van der Waals surface area (Å²) in [5.74, 6) is -2.66. The van der Waals surface area contributed by atoms with Crippen molar-refractivity contribution in [3.05, 3.63) is 0 Å². The minimum absolute atomic E-state index is 0.0117. The number of esters is 2. The van der Waals surface area contributed by atoms with Crippen LogP contribution in [0, 0.1) is 5.41 Å². The summed E-state index contributed by atoms with van der Waals surface area (Å²) in [5.41, 5.74) is 4.09. The quantitative estimate of drug-likeness (QED) is 0.371. The van der Waals surface area contributed by atoms with Crippen molar-refractivity contribution >= 4 is 40.6 Å². The maximum Gasteiger partial charge on any atom is 0.385 e. The Morgan fingerprint density at radius 2 is 1.96 bits per heavy atom. The van der Waals surface area contributed by atoms with Crippen LogP contribution in [-0.4, -0.2) is 67.0 Å². The second kappa shape index (κ2) is 10.1. The number of cyclic esters (lactones) is 1. The standard InChI is InChI=1S/C15H23N3O7S/c1-15(2)8-24-13(22)14(23)26-6-5-17-9(19)3-4-18-12(21)11(15)25-10(20)7-16/h11H,3-8,16H2,1-2H3,(H,17,19)(H,18,21)/t11-/m0/s1. The molecule has 0 bridgehead atoms. The van der Waals surface area contributed by atoms with Gasteiger partial charge in [-0.05, 0) is 0 Å². The van der Waals surface area contributed by atoms with Crippen molar-refractivity contribution < 1.29 is 33.4 Å². The first-order valence-electron chi connectivity index (χ1n) is 7.95. The highest BCUT2D eigenvalue weighted by Gasteiger charge is 2.40. The maximum absolute atomic E-state index is 12.4. The van der Waals surface area contributed by atoms with Crippen molar-refractivity contribution in [1.82, 2.24) is 10.6 Å². The summed E-state index contributed by atoms with van der Waals surface area (Å²) >= 11 is 0.721. The Labute approximate surface area is 154 Å². The van der Waals surface area contributed by atoms with Gasteiger partial charge in [-0.2, -0.15) is 0 Å². The lowest BCUT2D eigenvalue weighted by Gasteiger charge is -2.32. The molecule has 1 atom stereocenters. The van der Waals surface area contributed by atoms with Crippen LogP contribution in [0.15, 0.2) is 0 Å². The molecule has 1 heterocycles. The van der Waals surface area contributed by atoms with Gasteiger partial charge in [0.25, 0.3) is 11.0 Å². The third-order valence-corrected chi connectivity index (χ3v) is 4.25. The predicted octanol–water partition coefficient (Wildman–Crippen LogP) is -1.68. The smallest absolute Gasteiger partial charge is 0.385 e. The van der Waals surface area contributed by atoms with E-state index in [0.717, 1.165) is 11.8 Å². The summed E-state index contributed by atoms with van der Waals surface area (Å²) in [7, 11) is 0. The van der Waals surface area contributed by atoms with Crippen LogP contribution in [0.1, 0.15) is 20.3 Å². The van der Waals surface area contributed by atoms with Crippen LogP contribution in [0.5, 0.6) is 0 Å². The average Bonchev–Trinajstić information content (AvgIpc) is 2.59. The van der Waals surface area contributed by atoms with E-state index in [-0.39, 0.29) is 37.8 Å². The van der Waals surface area contributed by atoms with Gasteiger partial charge in [-0.1, -0.05) is 25.6 Å². The van der Waals surface area contributed by atoms with Gasteiger partial charge in [-0.15, -0.1) is 0 Å². The van der Waals surface area contributed by atoms with E-state index in [4.69, 9.17) is 15.2 Å². The number of ether oxygens (including phenoxy) is 2. The number of carbonyl (C=O) groups is 5. The van der Waals surface area contributed by atoms with Gasteiger partial charge in [0.15, 0.2) is 6.10 Å².